The highest BCUT2D eigenvalue weighted by Gasteiger charge is 2.52. The van der Waals surface area contributed by atoms with Gasteiger partial charge in [-0.05, 0) is 70.5 Å². The first-order chi connectivity index (χ1) is 13.2. The number of benzene rings is 1. The number of allylic oxidation sites excluding steroid dienone is 3. The van der Waals surface area contributed by atoms with Gasteiger partial charge in [-0.25, -0.2) is 0 Å². The number of hydrogen-bond donors (Lipinski definition) is 0. The summed E-state index contributed by atoms with van der Waals surface area (Å²) in [6.07, 6.45) is 11.5. The molecule has 0 saturated carbocycles. The van der Waals surface area contributed by atoms with Crippen molar-refractivity contribution in [2.24, 2.45) is 0 Å². The minimum atomic E-state index is -0.318. The van der Waals surface area contributed by atoms with Crippen molar-refractivity contribution in [2.75, 3.05) is 0 Å². The van der Waals surface area contributed by atoms with E-state index >= 15 is 0 Å². The third kappa shape index (κ3) is 5.84. The minimum absolute atomic E-state index is 0.296. The Balaban J connectivity index is 2.41. The zero-order chi connectivity index (χ0) is 20.8. The smallest absolute Gasteiger partial charge is 0.399 e. The second-order valence-electron chi connectivity index (χ2n) is 9.07. The van der Waals surface area contributed by atoms with Gasteiger partial charge in [0.25, 0.3) is 0 Å². The normalized spacial score (nSPS) is 19.3. The molecule has 0 spiro atoms. The maximum absolute atomic E-state index is 6.44. The Morgan fingerprint density at radius 1 is 0.929 bits per heavy atom. The van der Waals surface area contributed by atoms with Gasteiger partial charge in [-0.2, -0.15) is 0 Å². The van der Waals surface area contributed by atoms with Crippen LogP contribution in [-0.2, 0) is 9.31 Å². The molecule has 1 aliphatic heterocycles. The summed E-state index contributed by atoms with van der Waals surface area (Å²) in [4.78, 5) is 0. The monoisotopic (exact) mass is 382 g/mol. The van der Waals surface area contributed by atoms with Crippen molar-refractivity contribution in [1.82, 2.24) is 0 Å². The summed E-state index contributed by atoms with van der Waals surface area (Å²) in [5, 5.41) is 0. The van der Waals surface area contributed by atoms with E-state index in [2.05, 4.69) is 84.9 Å². The first-order valence-corrected chi connectivity index (χ1v) is 11.0. The summed E-state index contributed by atoms with van der Waals surface area (Å²) >= 11 is 0. The number of unbranched alkanes of at least 4 members (excludes halogenated alkanes) is 3. The van der Waals surface area contributed by atoms with Crippen molar-refractivity contribution in [2.45, 2.75) is 98.2 Å². The maximum atomic E-state index is 6.44. The molecule has 0 aromatic heterocycles. The van der Waals surface area contributed by atoms with Crippen molar-refractivity contribution in [3.63, 3.8) is 0 Å². The Kier molecular flexibility index (Phi) is 8.15. The molecule has 2 nitrogen and oxygen atoms in total. The average molecular weight is 382 g/mol. The van der Waals surface area contributed by atoms with E-state index in [0.717, 1.165) is 12.8 Å². The SMILES string of the molecule is CCCC/C=C(B1OC(C)(C)C(C)(C)O1)/C(=C/c1ccc(C)cc1)CCCC. The van der Waals surface area contributed by atoms with Crippen LogP contribution in [0.1, 0.15) is 91.2 Å². The Hall–Kier alpha value is -1.32. The van der Waals surface area contributed by atoms with Crippen LogP contribution in [0.25, 0.3) is 6.08 Å². The molecule has 3 heteroatoms. The molecular formula is C25H39BO2. The van der Waals surface area contributed by atoms with Gasteiger partial charge in [-0.1, -0.05) is 75.1 Å². The molecule has 1 aromatic carbocycles. The summed E-state index contributed by atoms with van der Waals surface area (Å²) in [7, 11) is -0.296. The minimum Gasteiger partial charge on any atom is -0.399 e. The van der Waals surface area contributed by atoms with Crippen molar-refractivity contribution >= 4 is 13.2 Å². The molecule has 0 unspecified atom stereocenters. The molecule has 0 radical (unpaired) electrons. The number of hydrogen-bond acceptors (Lipinski definition) is 2. The van der Waals surface area contributed by atoms with E-state index in [4.69, 9.17) is 9.31 Å². The second kappa shape index (κ2) is 9.94. The van der Waals surface area contributed by atoms with E-state index in [0.29, 0.717) is 0 Å². The van der Waals surface area contributed by atoms with Crippen LogP contribution >= 0.6 is 0 Å². The van der Waals surface area contributed by atoms with Crippen LogP contribution < -0.4 is 0 Å². The van der Waals surface area contributed by atoms with Gasteiger partial charge in [-0.3, -0.25) is 0 Å². The van der Waals surface area contributed by atoms with Gasteiger partial charge in [0.1, 0.15) is 0 Å². The van der Waals surface area contributed by atoms with E-state index < -0.39 is 0 Å². The zero-order valence-corrected chi connectivity index (χ0v) is 19.1. The standard InChI is InChI=1S/C25H39BO2/c1-8-10-12-14-23(26-27-24(4,5)25(6,7)28-26)22(13-11-9-2)19-21-17-15-20(3)16-18-21/h14-19H,8-13H2,1-7H3/b22-19+,23-14-. The largest absolute Gasteiger partial charge is 0.494 e. The highest BCUT2D eigenvalue weighted by Crippen LogP contribution is 2.40. The lowest BCUT2D eigenvalue weighted by Crippen LogP contribution is -2.41. The maximum Gasteiger partial charge on any atom is 0.494 e. The van der Waals surface area contributed by atoms with Crippen molar-refractivity contribution in [3.8, 4) is 0 Å². The third-order valence-corrected chi connectivity index (χ3v) is 6.02. The van der Waals surface area contributed by atoms with Crippen LogP contribution in [-0.4, -0.2) is 18.3 Å². The van der Waals surface area contributed by atoms with Crippen LogP contribution in [0.5, 0.6) is 0 Å². The predicted octanol–water partition coefficient (Wildman–Crippen LogP) is 7.32. The Morgan fingerprint density at radius 3 is 2.04 bits per heavy atom. The molecule has 28 heavy (non-hydrogen) atoms. The predicted molar refractivity (Wildman–Crippen MR) is 122 cm³/mol. The summed E-state index contributed by atoms with van der Waals surface area (Å²) in [6.45, 7) is 15.1. The molecule has 1 saturated heterocycles. The molecule has 154 valence electrons. The third-order valence-electron chi connectivity index (χ3n) is 6.02. The van der Waals surface area contributed by atoms with E-state index in [-0.39, 0.29) is 18.3 Å². The Labute approximate surface area is 173 Å². The van der Waals surface area contributed by atoms with Gasteiger partial charge >= 0.3 is 7.12 Å². The lowest BCUT2D eigenvalue weighted by Gasteiger charge is -2.32. The summed E-state index contributed by atoms with van der Waals surface area (Å²) < 4.78 is 12.9. The fraction of sp³-hybridized carbons (Fsp3) is 0.600. The van der Waals surface area contributed by atoms with E-state index in [1.807, 2.05) is 0 Å². The fourth-order valence-electron chi connectivity index (χ4n) is 3.34. The van der Waals surface area contributed by atoms with E-state index in [1.54, 1.807) is 0 Å². The molecule has 1 heterocycles. The number of rotatable bonds is 9. The van der Waals surface area contributed by atoms with Crippen LogP contribution in [0.4, 0.5) is 0 Å². The average Bonchev–Trinajstić information content (AvgIpc) is 2.85. The summed E-state index contributed by atoms with van der Waals surface area (Å²) in [5.74, 6) is 0. The Bertz CT molecular complexity index is 667. The highest BCUT2D eigenvalue weighted by atomic mass is 16.7. The van der Waals surface area contributed by atoms with Crippen LogP contribution in [0, 0.1) is 6.92 Å². The molecule has 0 bridgehead atoms. The molecule has 1 aromatic rings. The quantitative estimate of drug-likeness (QED) is 0.253. The second-order valence-corrected chi connectivity index (χ2v) is 9.07. The van der Waals surface area contributed by atoms with Gasteiger partial charge in [-0.15, -0.1) is 0 Å². The van der Waals surface area contributed by atoms with Crippen LogP contribution in [0.15, 0.2) is 41.4 Å². The molecule has 0 aliphatic carbocycles. The van der Waals surface area contributed by atoms with Gasteiger partial charge in [0.15, 0.2) is 0 Å². The van der Waals surface area contributed by atoms with Crippen LogP contribution in [0.2, 0.25) is 0 Å². The molecule has 0 N–H and O–H groups in total. The topological polar surface area (TPSA) is 18.5 Å². The van der Waals surface area contributed by atoms with E-state index in [9.17, 15) is 0 Å². The summed E-state index contributed by atoms with van der Waals surface area (Å²) in [5.41, 5.74) is 4.47. The van der Waals surface area contributed by atoms with Gasteiger partial charge in [0.05, 0.1) is 11.2 Å². The molecule has 1 fully saturated rings. The van der Waals surface area contributed by atoms with Gasteiger partial charge in [0.2, 0.25) is 0 Å². The molecule has 1 aliphatic rings. The molecule has 0 atom stereocenters. The van der Waals surface area contributed by atoms with Crippen molar-refractivity contribution < 1.29 is 9.31 Å². The lowest BCUT2D eigenvalue weighted by molar-refractivity contribution is 0.00578. The molecule has 2 rings (SSSR count). The van der Waals surface area contributed by atoms with Gasteiger partial charge < -0.3 is 9.31 Å². The highest BCUT2D eigenvalue weighted by molar-refractivity contribution is 6.56. The zero-order valence-electron chi connectivity index (χ0n) is 19.1. The van der Waals surface area contributed by atoms with Crippen molar-refractivity contribution in [1.29, 1.82) is 0 Å². The van der Waals surface area contributed by atoms with E-state index in [1.165, 1.54) is 47.9 Å². The fourth-order valence-corrected chi connectivity index (χ4v) is 3.34. The first kappa shape index (κ1) is 23.0. The number of aryl methyl sites for hydroxylation is 1. The lowest BCUT2D eigenvalue weighted by atomic mass is 9.71. The first-order valence-electron chi connectivity index (χ1n) is 11.0. The van der Waals surface area contributed by atoms with Gasteiger partial charge in [0, 0.05) is 0 Å². The Morgan fingerprint density at radius 2 is 1.50 bits per heavy atom. The van der Waals surface area contributed by atoms with Crippen molar-refractivity contribution in [3.05, 3.63) is 52.5 Å². The summed E-state index contributed by atoms with van der Waals surface area (Å²) in [6, 6.07) is 8.77. The molecule has 0 amide bonds. The van der Waals surface area contributed by atoms with Crippen LogP contribution in [0.3, 0.4) is 0 Å². The molecular weight excluding hydrogens is 343 g/mol.